The SMILES string of the molecule is COc1cc(C2CC2c2cc(OC)c(COC(C)=O)cc2OC)c(OC)cc1COC(C)=O. The molecule has 0 heterocycles. The minimum atomic E-state index is -0.361. The van der Waals surface area contributed by atoms with E-state index in [1.54, 1.807) is 28.4 Å². The molecule has 0 bridgehead atoms. The van der Waals surface area contributed by atoms with Crippen molar-refractivity contribution in [1.29, 1.82) is 0 Å². The van der Waals surface area contributed by atoms with E-state index >= 15 is 0 Å². The van der Waals surface area contributed by atoms with Crippen LogP contribution in [0.25, 0.3) is 0 Å². The average molecular weight is 459 g/mol. The molecule has 33 heavy (non-hydrogen) atoms. The topological polar surface area (TPSA) is 89.5 Å². The lowest BCUT2D eigenvalue weighted by Crippen LogP contribution is -2.04. The predicted octanol–water partition coefficient (Wildman–Crippen LogP) is 4.12. The number of esters is 2. The van der Waals surface area contributed by atoms with Crippen molar-refractivity contribution < 1.29 is 38.0 Å². The van der Waals surface area contributed by atoms with Crippen LogP contribution in [0.4, 0.5) is 0 Å². The van der Waals surface area contributed by atoms with Crippen LogP contribution in [-0.2, 0) is 32.3 Å². The fraction of sp³-hybridized carbons (Fsp3) is 0.440. The minimum Gasteiger partial charge on any atom is -0.496 e. The molecule has 3 rings (SSSR count). The standard InChI is InChI=1S/C25H30O8/c1-14(26)32-12-16-7-24(30-5)20(10-22(16)28-3)18-9-19(18)21-11-23(29-4)17(8-25(21)31-6)13-33-15(2)27/h7-8,10-11,18-19H,9,12-13H2,1-6H3. The van der Waals surface area contributed by atoms with Gasteiger partial charge < -0.3 is 28.4 Å². The lowest BCUT2D eigenvalue weighted by molar-refractivity contribution is -0.143. The van der Waals surface area contributed by atoms with E-state index in [2.05, 4.69) is 0 Å². The maximum atomic E-state index is 11.2. The number of ether oxygens (including phenoxy) is 6. The zero-order chi connectivity index (χ0) is 24.1. The smallest absolute Gasteiger partial charge is 0.302 e. The van der Waals surface area contributed by atoms with Crippen molar-refractivity contribution in [3.63, 3.8) is 0 Å². The lowest BCUT2D eigenvalue weighted by Gasteiger charge is -2.17. The number of methoxy groups -OCH3 is 4. The van der Waals surface area contributed by atoms with Gasteiger partial charge in [-0.1, -0.05) is 0 Å². The van der Waals surface area contributed by atoms with Gasteiger partial charge in [-0.25, -0.2) is 0 Å². The molecule has 0 aromatic heterocycles. The van der Waals surface area contributed by atoms with Gasteiger partial charge in [-0.3, -0.25) is 9.59 Å². The van der Waals surface area contributed by atoms with Crippen LogP contribution >= 0.6 is 0 Å². The summed E-state index contributed by atoms with van der Waals surface area (Å²) in [4.78, 5) is 22.5. The molecule has 1 aliphatic rings. The first-order valence-corrected chi connectivity index (χ1v) is 10.6. The van der Waals surface area contributed by atoms with Gasteiger partial charge in [0, 0.05) is 36.1 Å². The third kappa shape index (κ3) is 5.50. The van der Waals surface area contributed by atoms with Crippen molar-refractivity contribution in [3.8, 4) is 23.0 Å². The van der Waals surface area contributed by atoms with Crippen LogP contribution in [0.5, 0.6) is 23.0 Å². The molecule has 1 fully saturated rings. The van der Waals surface area contributed by atoms with Gasteiger partial charge in [0.1, 0.15) is 36.2 Å². The second-order valence-electron chi connectivity index (χ2n) is 7.82. The third-order valence-corrected chi connectivity index (χ3v) is 5.72. The zero-order valence-electron chi connectivity index (χ0n) is 19.9. The van der Waals surface area contributed by atoms with E-state index in [9.17, 15) is 9.59 Å². The number of hydrogen-bond donors (Lipinski definition) is 0. The summed E-state index contributed by atoms with van der Waals surface area (Å²) < 4.78 is 32.7. The van der Waals surface area contributed by atoms with Crippen LogP contribution in [0, 0.1) is 0 Å². The summed E-state index contributed by atoms with van der Waals surface area (Å²) in [6.07, 6.45) is 0.894. The van der Waals surface area contributed by atoms with E-state index in [1.165, 1.54) is 13.8 Å². The van der Waals surface area contributed by atoms with Crippen LogP contribution in [0.3, 0.4) is 0 Å². The Bertz CT molecular complexity index is 948. The van der Waals surface area contributed by atoms with Gasteiger partial charge in [-0.2, -0.15) is 0 Å². The molecule has 1 aliphatic carbocycles. The molecule has 178 valence electrons. The highest BCUT2D eigenvalue weighted by atomic mass is 16.5. The average Bonchev–Trinajstić information content (AvgIpc) is 3.60. The Kier molecular flexibility index (Phi) is 7.68. The van der Waals surface area contributed by atoms with Gasteiger partial charge in [0.25, 0.3) is 0 Å². The van der Waals surface area contributed by atoms with Crippen molar-refractivity contribution in [1.82, 2.24) is 0 Å². The van der Waals surface area contributed by atoms with Crippen molar-refractivity contribution in [2.45, 2.75) is 45.3 Å². The highest BCUT2D eigenvalue weighted by molar-refractivity contribution is 5.66. The van der Waals surface area contributed by atoms with Gasteiger partial charge >= 0.3 is 11.9 Å². The summed E-state index contributed by atoms with van der Waals surface area (Å²) in [5.74, 6) is 2.36. The Morgan fingerprint density at radius 1 is 0.667 bits per heavy atom. The Labute approximate surface area is 193 Å². The van der Waals surface area contributed by atoms with Gasteiger partial charge in [0.15, 0.2) is 0 Å². The summed E-state index contributed by atoms with van der Waals surface area (Å²) in [5.41, 5.74) is 3.49. The van der Waals surface area contributed by atoms with Crippen molar-refractivity contribution in [3.05, 3.63) is 46.5 Å². The van der Waals surface area contributed by atoms with Gasteiger partial charge in [0.05, 0.1) is 28.4 Å². The highest BCUT2D eigenvalue weighted by Crippen LogP contribution is 2.59. The Balaban J connectivity index is 1.92. The van der Waals surface area contributed by atoms with Crippen molar-refractivity contribution in [2.24, 2.45) is 0 Å². The maximum absolute atomic E-state index is 11.2. The predicted molar refractivity (Wildman–Crippen MR) is 120 cm³/mol. The Morgan fingerprint density at radius 2 is 1.03 bits per heavy atom. The van der Waals surface area contributed by atoms with E-state index in [1.807, 2.05) is 24.3 Å². The molecule has 0 amide bonds. The van der Waals surface area contributed by atoms with Gasteiger partial charge in [-0.05, 0) is 42.5 Å². The second-order valence-corrected chi connectivity index (χ2v) is 7.82. The van der Waals surface area contributed by atoms with Crippen molar-refractivity contribution >= 4 is 11.9 Å². The summed E-state index contributed by atoms with van der Waals surface area (Å²) in [6.45, 7) is 2.95. The van der Waals surface area contributed by atoms with Gasteiger partial charge in [-0.15, -0.1) is 0 Å². The summed E-state index contributed by atoms with van der Waals surface area (Å²) >= 11 is 0. The first-order chi connectivity index (χ1) is 15.8. The van der Waals surface area contributed by atoms with E-state index in [0.717, 1.165) is 28.7 Å². The Hall–Kier alpha value is -3.42. The summed E-state index contributed by atoms with van der Waals surface area (Å²) in [6, 6.07) is 7.60. The zero-order valence-corrected chi connectivity index (χ0v) is 19.9. The number of carbonyl (C=O) groups is 2. The number of carbonyl (C=O) groups excluding carboxylic acids is 2. The first-order valence-electron chi connectivity index (χ1n) is 10.6. The van der Waals surface area contributed by atoms with E-state index < -0.39 is 0 Å². The van der Waals surface area contributed by atoms with Crippen LogP contribution < -0.4 is 18.9 Å². The molecule has 2 aromatic carbocycles. The molecule has 0 saturated heterocycles. The highest BCUT2D eigenvalue weighted by Gasteiger charge is 2.43. The normalized spacial score (nSPS) is 16.5. The maximum Gasteiger partial charge on any atom is 0.302 e. The largest absolute Gasteiger partial charge is 0.496 e. The molecule has 2 aromatic rings. The molecule has 2 atom stereocenters. The van der Waals surface area contributed by atoms with Crippen LogP contribution in [0.15, 0.2) is 24.3 Å². The summed E-state index contributed by atoms with van der Waals surface area (Å²) in [7, 11) is 6.41. The first kappa shape index (κ1) is 24.2. The monoisotopic (exact) mass is 458 g/mol. The number of hydrogen-bond acceptors (Lipinski definition) is 8. The molecule has 0 spiro atoms. The molecule has 8 nitrogen and oxygen atoms in total. The fourth-order valence-corrected chi connectivity index (χ4v) is 4.02. The molecule has 0 aliphatic heterocycles. The molecular formula is C25H30O8. The second kappa shape index (κ2) is 10.5. The summed E-state index contributed by atoms with van der Waals surface area (Å²) in [5, 5.41) is 0. The quantitative estimate of drug-likeness (QED) is 0.491. The Morgan fingerprint density at radius 3 is 1.33 bits per heavy atom. The van der Waals surface area contributed by atoms with E-state index in [0.29, 0.717) is 23.0 Å². The van der Waals surface area contributed by atoms with Crippen LogP contribution in [0.1, 0.15) is 54.4 Å². The van der Waals surface area contributed by atoms with E-state index in [-0.39, 0.29) is 37.0 Å². The molecule has 0 N–H and O–H groups in total. The van der Waals surface area contributed by atoms with Crippen molar-refractivity contribution in [2.75, 3.05) is 28.4 Å². The molecule has 1 saturated carbocycles. The number of rotatable bonds is 10. The van der Waals surface area contributed by atoms with Crippen LogP contribution in [-0.4, -0.2) is 40.4 Å². The number of benzene rings is 2. The molecular weight excluding hydrogens is 428 g/mol. The van der Waals surface area contributed by atoms with Crippen LogP contribution in [0.2, 0.25) is 0 Å². The molecule has 0 radical (unpaired) electrons. The molecule has 2 unspecified atom stereocenters. The third-order valence-electron chi connectivity index (χ3n) is 5.72. The fourth-order valence-electron chi connectivity index (χ4n) is 4.02. The molecule has 8 heteroatoms. The minimum absolute atomic E-state index is 0.109. The van der Waals surface area contributed by atoms with Gasteiger partial charge in [0.2, 0.25) is 0 Å². The lowest BCUT2D eigenvalue weighted by atomic mass is 9.99. The van der Waals surface area contributed by atoms with E-state index in [4.69, 9.17) is 28.4 Å².